The maximum absolute atomic E-state index is 9.17. The molecule has 1 aromatic heterocycles. The van der Waals surface area contributed by atoms with E-state index in [1.54, 1.807) is 4.68 Å². The lowest BCUT2D eigenvalue weighted by atomic mass is 10.1. The Morgan fingerprint density at radius 3 is 2.16 bits per heavy atom. The average Bonchev–Trinajstić information content (AvgIpc) is 2.99. The number of rotatable bonds is 3. The van der Waals surface area contributed by atoms with Crippen LogP contribution in [-0.2, 0) is 6.54 Å². The fourth-order valence-corrected chi connectivity index (χ4v) is 2.32. The number of aliphatic hydroxyl groups is 1. The van der Waals surface area contributed by atoms with E-state index in [0.717, 1.165) is 16.8 Å². The van der Waals surface area contributed by atoms with E-state index in [-0.39, 0.29) is 6.61 Å². The molecular weight excluding hydrogens is 310 g/mol. The van der Waals surface area contributed by atoms with Crippen molar-refractivity contribution in [2.75, 3.05) is 12.3 Å². The lowest BCUT2D eigenvalue weighted by Crippen LogP contribution is -2.07. The van der Waals surface area contributed by atoms with E-state index in [4.69, 9.17) is 5.73 Å². The Balaban J connectivity index is 0.00000109. The van der Waals surface area contributed by atoms with Gasteiger partial charge in [0.15, 0.2) is 0 Å². The van der Waals surface area contributed by atoms with E-state index in [1.807, 2.05) is 74.5 Å². The molecule has 0 aliphatic heterocycles. The Hall–Kier alpha value is -3.03. The first-order chi connectivity index (χ1) is 12.3. The largest absolute Gasteiger partial charge is 0.394 e. The zero-order chi connectivity index (χ0) is 18.1. The second-order valence-electron chi connectivity index (χ2n) is 5.04. The van der Waals surface area contributed by atoms with E-state index in [2.05, 4.69) is 16.9 Å². The number of nitrogens with two attached hydrogens (primary N) is 1. The molecule has 3 N–H and O–H groups in total. The molecule has 3 aromatic rings. The summed E-state index contributed by atoms with van der Waals surface area (Å²) in [4.78, 5) is 0. The Morgan fingerprint density at radius 1 is 0.960 bits per heavy atom. The molecule has 0 atom stereocenters. The summed E-state index contributed by atoms with van der Waals surface area (Å²) in [5, 5.41) is 13.7. The topological polar surface area (TPSA) is 64.1 Å². The van der Waals surface area contributed by atoms with Gasteiger partial charge in [0, 0.05) is 11.1 Å². The highest BCUT2D eigenvalue weighted by molar-refractivity contribution is 5.74. The van der Waals surface area contributed by atoms with Crippen LogP contribution in [0.2, 0.25) is 0 Å². The molecule has 0 radical (unpaired) electrons. The van der Waals surface area contributed by atoms with Crippen molar-refractivity contribution in [3.63, 3.8) is 0 Å². The molecule has 4 heteroatoms. The van der Waals surface area contributed by atoms with Gasteiger partial charge in [-0.3, -0.25) is 0 Å². The van der Waals surface area contributed by atoms with E-state index >= 15 is 0 Å². The van der Waals surface area contributed by atoms with Crippen molar-refractivity contribution in [1.29, 1.82) is 0 Å². The smallest absolute Gasteiger partial charge is 0.138 e. The van der Waals surface area contributed by atoms with Crippen molar-refractivity contribution < 1.29 is 5.11 Å². The van der Waals surface area contributed by atoms with E-state index in [0.29, 0.717) is 17.9 Å². The number of anilines is 1. The van der Waals surface area contributed by atoms with Crippen LogP contribution in [0.25, 0.3) is 11.3 Å². The predicted octanol–water partition coefficient (Wildman–Crippen LogP) is 3.55. The van der Waals surface area contributed by atoms with Crippen LogP contribution in [-0.4, -0.2) is 21.5 Å². The van der Waals surface area contributed by atoms with Crippen LogP contribution in [0.1, 0.15) is 25.0 Å². The first kappa shape index (κ1) is 18.3. The van der Waals surface area contributed by atoms with Gasteiger partial charge in [-0.15, -0.1) is 0 Å². The zero-order valence-electron chi connectivity index (χ0n) is 14.6. The third-order valence-electron chi connectivity index (χ3n) is 3.46. The first-order valence-corrected chi connectivity index (χ1v) is 8.39. The molecule has 128 valence electrons. The van der Waals surface area contributed by atoms with Crippen LogP contribution in [0.5, 0.6) is 0 Å². The van der Waals surface area contributed by atoms with Gasteiger partial charge in [0.1, 0.15) is 11.5 Å². The Morgan fingerprint density at radius 2 is 1.56 bits per heavy atom. The number of aromatic nitrogens is 2. The van der Waals surface area contributed by atoms with Gasteiger partial charge in [-0.2, -0.15) is 5.10 Å². The summed E-state index contributed by atoms with van der Waals surface area (Å²) in [5.74, 6) is 6.73. The molecule has 0 bridgehead atoms. The van der Waals surface area contributed by atoms with Gasteiger partial charge in [0.2, 0.25) is 0 Å². The predicted molar refractivity (Wildman–Crippen MR) is 103 cm³/mol. The summed E-state index contributed by atoms with van der Waals surface area (Å²) in [7, 11) is 0. The second-order valence-corrected chi connectivity index (χ2v) is 5.04. The summed E-state index contributed by atoms with van der Waals surface area (Å²) in [5.41, 5.74) is 9.47. The monoisotopic (exact) mass is 333 g/mol. The van der Waals surface area contributed by atoms with Crippen LogP contribution in [0.3, 0.4) is 0 Å². The quantitative estimate of drug-likeness (QED) is 0.721. The summed E-state index contributed by atoms with van der Waals surface area (Å²) in [6.07, 6.45) is 0. The van der Waals surface area contributed by atoms with Crippen molar-refractivity contribution in [2.24, 2.45) is 0 Å². The third-order valence-corrected chi connectivity index (χ3v) is 3.46. The van der Waals surface area contributed by atoms with Crippen LogP contribution in [0.4, 0.5) is 5.82 Å². The van der Waals surface area contributed by atoms with Crippen molar-refractivity contribution in [2.45, 2.75) is 20.4 Å². The normalized spacial score (nSPS) is 9.56. The van der Waals surface area contributed by atoms with Crippen molar-refractivity contribution in [3.05, 3.63) is 71.8 Å². The molecule has 3 rings (SSSR count). The average molecular weight is 333 g/mol. The van der Waals surface area contributed by atoms with Gasteiger partial charge in [0.25, 0.3) is 0 Å². The van der Waals surface area contributed by atoms with Gasteiger partial charge in [-0.1, -0.05) is 74.2 Å². The maximum atomic E-state index is 9.17. The Bertz CT molecular complexity index is 843. The lowest BCUT2D eigenvalue weighted by molar-refractivity contribution is 0.270. The number of hydrogen-bond donors (Lipinski definition) is 2. The van der Waals surface area contributed by atoms with Gasteiger partial charge >= 0.3 is 0 Å². The Labute approximate surface area is 148 Å². The third kappa shape index (κ3) is 4.50. The van der Waals surface area contributed by atoms with Crippen molar-refractivity contribution in [1.82, 2.24) is 9.78 Å². The number of benzene rings is 2. The van der Waals surface area contributed by atoms with Crippen LogP contribution in [0.15, 0.2) is 60.7 Å². The summed E-state index contributed by atoms with van der Waals surface area (Å²) < 4.78 is 1.59. The molecule has 2 aromatic carbocycles. The molecule has 0 saturated carbocycles. The molecule has 0 aliphatic rings. The number of nitrogens with zero attached hydrogens (tertiary/aromatic N) is 2. The number of aliphatic hydroxyl groups excluding tert-OH is 1. The molecule has 4 nitrogen and oxygen atoms in total. The molecule has 0 amide bonds. The highest BCUT2D eigenvalue weighted by Gasteiger charge is 2.15. The minimum atomic E-state index is -0.0222. The van der Waals surface area contributed by atoms with Gasteiger partial charge in [-0.05, 0) is 12.1 Å². The fourth-order valence-electron chi connectivity index (χ4n) is 2.32. The number of nitrogen functional groups attached to an aromatic ring is 1. The van der Waals surface area contributed by atoms with Crippen LogP contribution in [0, 0.1) is 11.8 Å². The molecule has 0 fully saturated rings. The molecule has 0 aliphatic carbocycles. The molecule has 25 heavy (non-hydrogen) atoms. The number of hydrogen-bond acceptors (Lipinski definition) is 3. The highest BCUT2D eigenvalue weighted by Crippen LogP contribution is 2.26. The highest BCUT2D eigenvalue weighted by atomic mass is 16.3. The SMILES string of the molecule is CC.Nc1c(C#Cc2ccccc2)c(-c2ccccc2)nn1CCO. The lowest BCUT2D eigenvalue weighted by Gasteiger charge is -1.99. The second kappa shape index (κ2) is 9.31. The molecule has 0 spiro atoms. The standard InChI is InChI=1S/C19H17N3O.C2H6/c20-19-17(12-11-15-7-3-1-4-8-15)18(21-22(19)13-14-23)16-9-5-2-6-10-16;1-2/h1-10,23H,13-14,20H2;1-2H3. The summed E-state index contributed by atoms with van der Waals surface area (Å²) >= 11 is 0. The fraction of sp³-hybridized carbons (Fsp3) is 0.190. The van der Waals surface area contributed by atoms with Crippen molar-refractivity contribution in [3.8, 4) is 23.1 Å². The summed E-state index contributed by atoms with van der Waals surface area (Å²) in [6.45, 7) is 4.32. The van der Waals surface area contributed by atoms with Gasteiger partial charge < -0.3 is 10.8 Å². The molecular formula is C21H23N3O. The zero-order valence-corrected chi connectivity index (χ0v) is 14.6. The molecule has 0 unspecified atom stereocenters. The van der Waals surface area contributed by atoms with Gasteiger partial charge in [-0.25, -0.2) is 4.68 Å². The van der Waals surface area contributed by atoms with E-state index < -0.39 is 0 Å². The minimum absolute atomic E-state index is 0.0222. The van der Waals surface area contributed by atoms with E-state index in [9.17, 15) is 5.11 Å². The maximum Gasteiger partial charge on any atom is 0.138 e. The Kier molecular flexibility index (Phi) is 6.82. The van der Waals surface area contributed by atoms with E-state index in [1.165, 1.54) is 0 Å². The van der Waals surface area contributed by atoms with Crippen LogP contribution < -0.4 is 5.73 Å². The minimum Gasteiger partial charge on any atom is -0.394 e. The first-order valence-electron chi connectivity index (χ1n) is 8.39. The van der Waals surface area contributed by atoms with Crippen molar-refractivity contribution >= 4 is 5.82 Å². The van der Waals surface area contributed by atoms with Gasteiger partial charge in [0.05, 0.1) is 18.7 Å². The van der Waals surface area contributed by atoms with Crippen LogP contribution >= 0.6 is 0 Å². The molecule has 0 saturated heterocycles. The molecule has 1 heterocycles. The summed E-state index contributed by atoms with van der Waals surface area (Å²) in [6, 6.07) is 19.5.